The quantitative estimate of drug-likeness (QED) is 0.537. The van der Waals surface area contributed by atoms with Crippen molar-refractivity contribution in [2.45, 2.75) is 0 Å². The van der Waals surface area contributed by atoms with Crippen molar-refractivity contribution in [2.75, 3.05) is 6.54 Å². The van der Waals surface area contributed by atoms with E-state index in [1.807, 2.05) is 0 Å². The largest absolute Gasteiger partial charge is 0.363 e. The smallest absolute Gasteiger partial charge is 0.288 e. The average molecular weight is 138 g/mol. The highest BCUT2D eigenvalue weighted by Crippen LogP contribution is 1.90. The Hall–Kier alpha value is -1.52. The molecule has 0 saturated heterocycles. The Bertz CT molecular complexity index is 228. The van der Waals surface area contributed by atoms with E-state index in [4.69, 9.17) is 5.73 Å². The molecule has 0 spiro atoms. The van der Waals surface area contributed by atoms with Crippen LogP contribution in [0, 0.1) is 0 Å². The van der Waals surface area contributed by atoms with Gasteiger partial charge in [-0.05, 0) is 6.08 Å². The standard InChI is InChI=1S/C5H6N4O/c6-4(10)5-7-2-1-3-8-9-5/h1,3H,2H2,(H2,6,10). The number of amides is 1. The second kappa shape index (κ2) is 2.86. The highest BCUT2D eigenvalue weighted by molar-refractivity contribution is 6.37. The van der Waals surface area contributed by atoms with Gasteiger partial charge in [-0.1, -0.05) is 0 Å². The van der Waals surface area contributed by atoms with E-state index in [9.17, 15) is 4.79 Å². The van der Waals surface area contributed by atoms with Crippen molar-refractivity contribution in [3.8, 4) is 0 Å². The minimum Gasteiger partial charge on any atom is -0.363 e. The van der Waals surface area contributed by atoms with E-state index in [2.05, 4.69) is 15.2 Å². The number of carbonyl (C=O) groups is 1. The molecule has 0 fully saturated rings. The first-order valence-electron chi connectivity index (χ1n) is 2.71. The molecule has 10 heavy (non-hydrogen) atoms. The Morgan fingerprint density at radius 3 is 3.20 bits per heavy atom. The first-order chi connectivity index (χ1) is 4.80. The van der Waals surface area contributed by atoms with Gasteiger partial charge >= 0.3 is 0 Å². The van der Waals surface area contributed by atoms with Gasteiger partial charge in [0.05, 0.1) is 6.54 Å². The van der Waals surface area contributed by atoms with Crippen LogP contribution in [-0.2, 0) is 4.79 Å². The molecule has 1 heterocycles. The predicted octanol–water partition coefficient (Wildman–Crippen LogP) is -0.150. The van der Waals surface area contributed by atoms with E-state index in [0.717, 1.165) is 0 Å². The van der Waals surface area contributed by atoms with Crippen molar-refractivity contribution in [1.29, 1.82) is 0 Å². The van der Waals surface area contributed by atoms with E-state index < -0.39 is 5.91 Å². The van der Waals surface area contributed by atoms with Crippen molar-refractivity contribution in [3.05, 3.63) is 12.3 Å². The number of primary amides is 1. The van der Waals surface area contributed by atoms with Crippen molar-refractivity contribution in [3.63, 3.8) is 0 Å². The summed E-state index contributed by atoms with van der Waals surface area (Å²) in [6, 6.07) is 0. The fraction of sp³-hybridized carbons (Fsp3) is 0.200. The van der Waals surface area contributed by atoms with Gasteiger partial charge in [-0.3, -0.25) is 9.79 Å². The number of amidine groups is 1. The van der Waals surface area contributed by atoms with E-state index >= 15 is 0 Å². The minimum atomic E-state index is -0.646. The van der Waals surface area contributed by atoms with Gasteiger partial charge in [-0.15, -0.1) is 5.11 Å². The maximum absolute atomic E-state index is 10.4. The molecule has 5 nitrogen and oxygen atoms in total. The molecule has 0 saturated carbocycles. The van der Waals surface area contributed by atoms with Crippen LogP contribution in [0.1, 0.15) is 0 Å². The first-order valence-corrected chi connectivity index (χ1v) is 2.71. The van der Waals surface area contributed by atoms with E-state index in [1.54, 1.807) is 6.08 Å². The third-order valence-electron chi connectivity index (χ3n) is 0.891. The van der Waals surface area contributed by atoms with Crippen LogP contribution in [0.3, 0.4) is 0 Å². The number of nitrogens with two attached hydrogens (primary N) is 1. The Morgan fingerprint density at radius 2 is 2.50 bits per heavy atom. The number of hydrogen-bond acceptors (Lipinski definition) is 4. The molecule has 1 rings (SSSR count). The Labute approximate surface area is 57.3 Å². The summed E-state index contributed by atoms with van der Waals surface area (Å²) >= 11 is 0. The van der Waals surface area contributed by atoms with Crippen LogP contribution in [0.25, 0.3) is 0 Å². The summed E-state index contributed by atoms with van der Waals surface area (Å²) < 4.78 is 0. The van der Waals surface area contributed by atoms with Crippen LogP contribution in [0.15, 0.2) is 27.5 Å². The van der Waals surface area contributed by atoms with Gasteiger partial charge < -0.3 is 5.73 Å². The summed E-state index contributed by atoms with van der Waals surface area (Å²) in [6.07, 6.45) is 3.15. The van der Waals surface area contributed by atoms with Crippen LogP contribution >= 0.6 is 0 Å². The number of azo groups is 1. The molecule has 0 aromatic rings. The highest BCUT2D eigenvalue weighted by atomic mass is 16.1. The molecule has 1 aliphatic heterocycles. The van der Waals surface area contributed by atoms with Crippen molar-refractivity contribution in [2.24, 2.45) is 21.0 Å². The fourth-order valence-corrected chi connectivity index (χ4v) is 0.480. The van der Waals surface area contributed by atoms with Gasteiger partial charge in [0.1, 0.15) is 0 Å². The maximum Gasteiger partial charge on any atom is 0.288 e. The molecule has 1 aliphatic rings. The van der Waals surface area contributed by atoms with Gasteiger partial charge in [0.2, 0.25) is 5.84 Å². The van der Waals surface area contributed by atoms with Gasteiger partial charge in [-0.25, -0.2) is 0 Å². The summed E-state index contributed by atoms with van der Waals surface area (Å²) in [5.74, 6) is -0.669. The van der Waals surface area contributed by atoms with Crippen LogP contribution in [-0.4, -0.2) is 18.3 Å². The lowest BCUT2D eigenvalue weighted by atomic mass is 10.5. The first kappa shape index (κ1) is 6.60. The van der Waals surface area contributed by atoms with Crippen LogP contribution in [0.5, 0.6) is 0 Å². The Kier molecular flexibility index (Phi) is 1.89. The molecule has 5 heteroatoms. The normalized spacial score (nSPS) is 16.2. The average Bonchev–Trinajstić information content (AvgIpc) is 2.12. The maximum atomic E-state index is 10.4. The molecule has 0 aromatic heterocycles. The number of hydrogen-bond donors (Lipinski definition) is 1. The Morgan fingerprint density at radius 1 is 1.70 bits per heavy atom. The van der Waals surface area contributed by atoms with E-state index in [-0.39, 0.29) is 5.84 Å². The number of rotatable bonds is 1. The van der Waals surface area contributed by atoms with Crippen molar-refractivity contribution in [1.82, 2.24) is 0 Å². The third kappa shape index (κ3) is 1.48. The van der Waals surface area contributed by atoms with E-state index in [1.165, 1.54) is 6.20 Å². The van der Waals surface area contributed by atoms with E-state index in [0.29, 0.717) is 6.54 Å². The van der Waals surface area contributed by atoms with Crippen molar-refractivity contribution < 1.29 is 4.79 Å². The van der Waals surface area contributed by atoms with Crippen LogP contribution in [0.4, 0.5) is 0 Å². The molecule has 52 valence electrons. The summed E-state index contributed by atoms with van der Waals surface area (Å²) in [6.45, 7) is 0.408. The molecular weight excluding hydrogens is 132 g/mol. The molecule has 0 atom stereocenters. The lowest BCUT2D eigenvalue weighted by molar-refractivity contribution is -0.112. The topological polar surface area (TPSA) is 80.2 Å². The molecule has 0 radical (unpaired) electrons. The van der Waals surface area contributed by atoms with Gasteiger partial charge in [0.25, 0.3) is 5.91 Å². The number of carbonyl (C=O) groups excluding carboxylic acids is 1. The predicted molar refractivity (Wildman–Crippen MR) is 35.5 cm³/mol. The zero-order chi connectivity index (χ0) is 7.40. The zero-order valence-electron chi connectivity index (χ0n) is 5.19. The molecule has 0 bridgehead atoms. The summed E-state index contributed by atoms with van der Waals surface area (Å²) in [7, 11) is 0. The SMILES string of the molecule is NC(=O)C1=NCC=CN=N1. The molecule has 1 amide bonds. The lowest BCUT2D eigenvalue weighted by Crippen LogP contribution is -2.21. The summed E-state index contributed by atoms with van der Waals surface area (Å²) in [5.41, 5.74) is 4.89. The van der Waals surface area contributed by atoms with Gasteiger partial charge in [-0.2, -0.15) is 5.11 Å². The minimum absolute atomic E-state index is 0.0231. The molecular formula is C5H6N4O. The summed E-state index contributed by atoms with van der Waals surface area (Å²) in [5, 5.41) is 6.92. The van der Waals surface area contributed by atoms with Crippen LogP contribution in [0.2, 0.25) is 0 Å². The van der Waals surface area contributed by atoms with Crippen molar-refractivity contribution >= 4 is 11.7 Å². The fourth-order valence-electron chi connectivity index (χ4n) is 0.480. The molecule has 0 unspecified atom stereocenters. The highest BCUT2D eigenvalue weighted by Gasteiger charge is 2.04. The molecule has 0 aromatic carbocycles. The Balaban J connectivity index is 2.78. The zero-order valence-corrected chi connectivity index (χ0v) is 5.19. The monoisotopic (exact) mass is 138 g/mol. The summed E-state index contributed by atoms with van der Waals surface area (Å²) in [4.78, 5) is 14.1. The van der Waals surface area contributed by atoms with Gasteiger partial charge in [0.15, 0.2) is 0 Å². The molecule has 2 N–H and O–H groups in total. The second-order valence-electron chi connectivity index (χ2n) is 1.63. The second-order valence-corrected chi connectivity index (χ2v) is 1.63. The van der Waals surface area contributed by atoms with Crippen LogP contribution < -0.4 is 5.73 Å². The number of nitrogens with zero attached hydrogens (tertiary/aromatic N) is 3. The third-order valence-corrected chi connectivity index (χ3v) is 0.891. The van der Waals surface area contributed by atoms with Gasteiger partial charge in [0, 0.05) is 6.20 Å². The lowest BCUT2D eigenvalue weighted by Gasteiger charge is -1.87. The number of aliphatic imine (C=N–C) groups is 1. The molecule has 0 aliphatic carbocycles.